The molecule has 0 spiro atoms. The lowest BCUT2D eigenvalue weighted by Crippen LogP contribution is -2.54. The van der Waals surface area contributed by atoms with E-state index in [-0.39, 0.29) is 65.1 Å². The lowest BCUT2D eigenvalue weighted by Gasteiger charge is -2.30. The summed E-state index contributed by atoms with van der Waals surface area (Å²) in [5, 5.41) is 3.26. The molecule has 15 heteroatoms. The maximum atomic E-state index is 14.8. The fraction of sp³-hybridized carbons (Fsp3) is 0.875. The van der Waals surface area contributed by atoms with E-state index in [0.717, 1.165) is 82.6 Å². The highest BCUT2D eigenvalue weighted by molar-refractivity contribution is 5.89. The molecule has 1 fully saturated rings. The van der Waals surface area contributed by atoms with Crippen molar-refractivity contribution in [2.75, 3.05) is 33.0 Å². The van der Waals surface area contributed by atoms with Gasteiger partial charge in [0.25, 0.3) is 0 Å². The summed E-state index contributed by atoms with van der Waals surface area (Å²) in [5.74, 6) is -3.42. The number of esters is 6. The van der Waals surface area contributed by atoms with E-state index >= 15 is 0 Å². The van der Waals surface area contributed by atoms with Crippen molar-refractivity contribution < 1.29 is 62.0 Å². The molecule has 15 nitrogen and oxygen atoms in total. The molecule has 119 heavy (non-hydrogen) atoms. The number of carbonyl (C=O) groups is 7. The minimum Gasteiger partial charge on any atom is -0.462 e. The Bertz CT molecular complexity index is 2370. The van der Waals surface area contributed by atoms with E-state index in [1.807, 2.05) is 30.3 Å². The first-order chi connectivity index (χ1) is 58.4. The van der Waals surface area contributed by atoms with Crippen LogP contribution in [0.1, 0.15) is 522 Å². The van der Waals surface area contributed by atoms with E-state index in [2.05, 4.69) is 33.0 Å². The molecule has 1 N–H and O–H groups in total. The third-order valence-corrected chi connectivity index (χ3v) is 24.7. The molecule has 0 aromatic heterocycles. The molecule has 1 aliphatic rings. The van der Waals surface area contributed by atoms with Gasteiger partial charge in [-0.1, -0.05) is 469 Å². The van der Waals surface area contributed by atoms with E-state index in [9.17, 15) is 33.6 Å². The van der Waals surface area contributed by atoms with Crippen molar-refractivity contribution in [2.45, 2.75) is 553 Å². The Balaban J connectivity index is 2.10. The Morgan fingerprint density at radius 1 is 0.328 bits per heavy atom. The molecule has 2 rings (SSSR count). The van der Waals surface area contributed by atoms with Crippen LogP contribution >= 0.6 is 0 Å². The number of hydrogen-bond acceptors (Lipinski definition) is 14. The molecular weight excluding hydrogens is 1490 g/mol. The normalized spacial score (nSPS) is 13.3. The maximum Gasteiger partial charge on any atom is 0.329 e. The molecule has 3 atom stereocenters. The largest absolute Gasteiger partial charge is 0.462 e. The smallest absolute Gasteiger partial charge is 0.329 e. The van der Waals surface area contributed by atoms with Gasteiger partial charge in [0.2, 0.25) is 5.91 Å². The topological polar surface area (TPSA) is 190 Å². The van der Waals surface area contributed by atoms with Gasteiger partial charge in [0.05, 0.1) is 6.04 Å². The van der Waals surface area contributed by atoms with Gasteiger partial charge in [0.15, 0.2) is 12.2 Å². The number of carbonyl (C=O) groups excluding carboxylic acids is 7. The summed E-state index contributed by atoms with van der Waals surface area (Å²) in [6, 6.07) is 6.72. The van der Waals surface area contributed by atoms with Crippen molar-refractivity contribution in [3.63, 3.8) is 0 Å². The van der Waals surface area contributed by atoms with Crippen molar-refractivity contribution in [3.05, 3.63) is 35.9 Å². The Morgan fingerprint density at radius 3 is 0.815 bits per heavy atom. The first kappa shape index (κ1) is 111. The highest BCUT2D eigenvalue weighted by Gasteiger charge is 2.40. The number of rotatable bonds is 90. The highest BCUT2D eigenvalue weighted by Crippen LogP contribution is 2.25. The van der Waals surface area contributed by atoms with Crippen molar-refractivity contribution in [1.29, 1.82) is 0 Å². The van der Waals surface area contributed by atoms with E-state index < -0.39 is 72.1 Å². The molecule has 1 saturated heterocycles. The maximum absolute atomic E-state index is 14.8. The van der Waals surface area contributed by atoms with Crippen LogP contribution in [-0.2, 0) is 68.4 Å². The number of ether oxygens (including phenoxy) is 6. The molecule has 1 aromatic carbocycles. The number of benzene rings is 1. The third kappa shape index (κ3) is 69.5. The summed E-state index contributed by atoms with van der Waals surface area (Å²) in [5.41, 5.74) is 0.971. The van der Waals surface area contributed by atoms with Crippen molar-refractivity contribution in [2.24, 2.45) is 0 Å². The molecule has 1 amide bonds. The number of nitrogens with one attached hydrogen (secondary N) is 1. The van der Waals surface area contributed by atoms with Gasteiger partial charge in [-0.3, -0.25) is 34.1 Å². The quantitative estimate of drug-likeness (QED) is 0.0368. The van der Waals surface area contributed by atoms with Crippen molar-refractivity contribution >= 4 is 41.7 Å². The summed E-state index contributed by atoms with van der Waals surface area (Å²) >= 11 is 0. The van der Waals surface area contributed by atoms with Crippen LogP contribution in [0, 0.1) is 0 Å². The lowest BCUT2D eigenvalue weighted by molar-refractivity contribution is -0.171. The molecule has 0 radical (unpaired) electrons. The van der Waals surface area contributed by atoms with Crippen LogP contribution in [0.15, 0.2) is 30.3 Å². The number of nitrogens with zero attached hydrogens (tertiary/aromatic N) is 1. The number of aryl methyl sites for hydroxylation is 1. The van der Waals surface area contributed by atoms with E-state index in [0.29, 0.717) is 44.9 Å². The summed E-state index contributed by atoms with van der Waals surface area (Å²) in [6.45, 7) is 9.82. The molecule has 0 unspecified atom stereocenters. The molecule has 1 heterocycles. The molecule has 0 saturated carbocycles. The molecule has 692 valence electrons. The van der Waals surface area contributed by atoms with Gasteiger partial charge >= 0.3 is 35.8 Å². The second kappa shape index (κ2) is 84.3. The zero-order chi connectivity index (χ0) is 85.8. The van der Waals surface area contributed by atoms with Gasteiger partial charge in [0, 0.05) is 32.2 Å². The van der Waals surface area contributed by atoms with Gasteiger partial charge in [-0.2, -0.15) is 0 Å². The second-order valence-corrected chi connectivity index (χ2v) is 36.1. The zero-order valence-electron chi connectivity index (χ0n) is 78.3. The number of amides is 1. The van der Waals surface area contributed by atoms with Crippen LogP contribution in [0.3, 0.4) is 0 Å². The second-order valence-electron chi connectivity index (χ2n) is 36.1. The van der Waals surface area contributed by atoms with E-state index in [1.54, 1.807) is 6.92 Å². The Morgan fingerprint density at radius 2 is 0.563 bits per heavy atom. The molecule has 0 bridgehead atoms. The molecule has 1 aromatic rings. The van der Waals surface area contributed by atoms with E-state index in [1.165, 1.54) is 339 Å². The van der Waals surface area contributed by atoms with Crippen LogP contribution in [0.25, 0.3) is 0 Å². The van der Waals surface area contributed by atoms with Gasteiger partial charge in [-0.05, 0) is 63.9 Å². The standard InChI is InChI=1S/C104H188N2O13/c1-6-10-14-18-22-26-30-34-38-42-46-50-54-58-62-66-73-81-98(107)114-88-94(89-115-99(108)82-74-67-63-59-55-51-47-43-39-35-31-27-23-19-15-11-7-2)118-103(112)96(86-85-93-78-71-70-72-79-93)105-92(5)102(111)106-87-77-80-97(106)104(113)119-95(90-116-100(109)83-75-68-64-60-56-52-48-44-40-36-32-28-24-20-16-12-8-3)91-117-101(110)84-76-69-65-61-57-53-49-45-41-37-33-29-25-21-17-13-9-4/h70-72,78-79,92,94-97,105H,6-69,73-77,80-91H2,1-5H3/t92-,96-,97-/m0/s1. The van der Waals surface area contributed by atoms with Crippen LogP contribution in [0.4, 0.5) is 0 Å². The lowest BCUT2D eigenvalue weighted by atomic mass is 10.0. The van der Waals surface area contributed by atoms with Crippen LogP contribution in [0.5, 0.6) is 0 Å². The average molecular weight is 1670 g/mol. The summed E-state index contributed by atoms with van der Waals surface area (Å²) < 4.78 is 35.4. The highest BCUT2D eigenvalue weighted by atomic mass is 16.6. The first-order valence-electron chi connectivity index (χ1n) is 51.6. The number of likely N-dealkylation sites (tertiary alicyclic amines) is 1. The molecule has 1 aliphatic heterocycles. The van der Waals surface area contributed by atoms with Crippen molar-refractivity contribution in [3.8, 4) is 0 Å². The van der Waals surface area contributed by atoms with Gasteiger partial charge in [-0.15, -0.1) is 0 Å². The summed E-state index contributed by atoms with van der Waals surface area (Å²) in [6.07, 6.45) is 84.6. The minimum atomic E-state index is -1.11. The predicted octanol–water partition coefficient (Wildman–Crippen LogP) is 29.1. The molecule has 0 aliphatic carbocycles. The van der Waals surface area contributed by atoms with Crippen LogP contribution in [-0.4, -0.2) is 110 Å². The fourth-order valence-electron chi connectivity index (χ4n) is 16.9. The van der Waals surface area contributed by atoms with Crippen LogP contribution in [0.2, 0.25) is 0 Å². The average Bonchev–Trinajstić information content (AvgIpc) is 1.77. The Kier molecular flexibility index (Phi) is 78.3. The minimum absolute atomic E-state index is 0.227. The SMILES string of the molecule is CCCCCCCCCCCCCCCCCCCC(=O)OCC(COC(=O)CCCCCCCCCCCCCCCCCCC)OC(=O)[C@H](CCc1ccccc1)N[C@@H](C)C(=O)N1CCC[C@H]1C(=O)OC(COC(=O)CCCCCCCCCCCCCCCCCCC)COC(=O)CCCCCCCCCCCCCCCCCCC. The number of unbranched alkanes of at least 4 members (excludes halogenated alkanes) is 64. The summed E-state index contributed by atoms with van der Waals surface area (Å²) in [4.78, 5) is 98.6. The third-order valence-electron chi connectivity index (χ3n) is 24.7. The monoisotopic (exact) mass is 1670 g/mol. The summed E-state index contributed by atoms with van der Waals surface area (Å²) in [7, 11) is 0. The Hall–Kier alpha value is -4.53. The number of hydrogen-bond donors (Lipinski definition) is 1. The van der Waals surface area contributed by atoms with Crippen molar-refractivity contribution in [1.82, 2.24) is 10.2 Å². The zero-order valence-corrected chi connectivity index (χ0v) is 78.3. The first-order valence-corrected chi connectivity index (χ1v) is 51.6. The van der Waals surface area contributed by atoms with Crippen LogP contribution < -0.4 is 5.32 Å². The van der Waals surface area contributed by atoms with Gasteiger partial charge in [-0.25, -0.2) is 4.79 Å². The van der Waals surface area contributed by atoms with Gasteiger partial charge < -0.3 is 33.3 Å². The molecular formula is C104H188N2O13. The van der Waals surface area contributed by atoms with Gasteiger partial charge in [0.1, 0.15) is 38.5 Å². The Labute approximate surface area is 731 Å². The van der Waals surface area contributed by atoms with E-state index in [4.69, 9.17) is 28.4 Å². The fourth-order valence-corrected chi connectivity index (χ4v) is 16.9. The predicted molar refractivity (Wildman–Crippen MR) is 495 cm³/mol.